The monoisotopic (exact) mass is 430 g/mol. The minimum Gasteiger partial charge on any atom is -0.455 e. The second kappa shape index (κ2) is 8.47. The highest BCUT2D eigenvalue weighted by Gasteiger charge is 2.18. The number of furan rings is 1. The Bertz CT molecular complexity index is 1180. The summed E-state index contributed by atoms with van der Waals surface area (Å²) in [5.74, 6) is -0.402. The van der Waals surface area contributed by atoms with Crippen LogP contribution < -0.4 is 0 Å². The van der Waals surface area contributed by atoms with Crippen LogP contribution in [-0.4, -0.2) is 37.7 Å². The summed E-state index contributed by atoms with van der Waals surface area (Å²) in [7, 11) is -0.730. The van der Waals surface area contributed by atoms with Crippen molar-refractivity contribution in [2.45, 2.75) is 11.5 Å². The molecule has 0 atom stereocenters. The number of rotatable bonds is 7. The number of carbonyl (C=O) groups is 1. The van der Waals surface area contributed by atoms with Gasteiger partial charge >= 0.3 is 5.97 Å². The van der Waals surface area contributed by atoms with Crippen molar-refractivity contribution in [3.05, 3.63) is 82.1 Å². The number of nitrogens with zero attached hydrogens (tertiary/aromatic N) is 2. The zero-order chi connectivity index (χ0) is 21.9. The molecular weight excluding hydrogens is 412 g/mol. The topological polar surface area (TPSA) is 120 Å². The zero-order valence-corrected chi connectivity index (χ0v) is 17.0. The maximum atomic E-state index is 12.3. The minimum atomic E-state index is -3.59. The van der Waals surface area contributed by atoms with E-state index in [2.05, 4.69) is 0 Å². The highest BCUT2D eigenvalue weighted by molar-refractivity contribution is 7.89. The van der Waals surface area contributed by atoms with Gasteiger partial charge < -0.3 is 9.15 Å². The van der Waals surface area contributed by atoms with Crippen LogP contribution in [0.4, 0.5) is 5.69 Å². The van der Waals surface area contributed by atoms with Gasteiger partial charge in [-0.1, -0.05) is 12.1 Å². The van der Waals surface area contributed by atoms with Crippen LogP contribution in [0.1, 0.15) is 16.1 Å². The maximum Gasteiger partial charge on any atom is 0.374 e. The Labute approximate surface area is 172 Å². The molecule has 0 aliphatic heterocycles. The molecule has 3 aromatic rings. The number of hydrogen-bond acceptors (Lipinski definition) is 7. The molecular formula is C20H18N2O7S. The highest BCUT2D eigenvalue weighted by Crippen LogP contribution is 2.25. The molecule has 1 aromatic heterocycles. The SMILES string of the molecule is CN(C)S(=O)(=O)c1cccc(COC(=O)c2ccc(-c3ccc([N+](=O)[O-])cc3)o2)c1. The Kier molecular flexibility index (Phi) is 5.99. The van der Waals surface area contributed by atoms with E-state index in [-0.39, 0.29) is 22.9 Å². The van der Waals surface area contributed by atoms with Crippen molar-refractivity contribution < 1.29 is 27.3 Å². The fourth-order valence-corrected chi connectivity index (χ4v) is 3.55. The summed E-state index contributed by atoms with van der Waals surface area (Å²) in [6, 6.07) is 14.8. The fraction of sp³-hybridized carbons (Fsp3) is 0.150. The largest absolute Gasteiger partial charge is 0.455 e. The van der Waals surface area contributed by atoms with E-state index in [1.807, 2.05) is 0 Å². The number of carbonyl (C=O) groups excluding carboxylic acids is 1. The molecule has 0 bridgehead atoms. The van der Waals surface area contributed by atoms with Gasteiger partial charge in [-0.25, -0.2) is 17.5 Å². The van der Waals surface area contributed by atoms with Gasteiger partial charge in [0.25, 0.3) is 5.69 Å². The second-order valence-corrected chi connectivity index (χ2v) is 8.63. The minimum absolute atomic E-state index is 0.0413. The molecule has 0 saturated heterocycles. The quantitative estimate of drug-likeness (QED) is 0.320. The Morgan fingerprint density at radius 1 is 1.10 bits per heavy atom. The third-order valence-corrected chi connectivity index (χ3v) is 6.03. The molecule has 0 aliphatic rings. The van der Waals surface area contributed by atoms with Gasteiger partial charge in [0.15, 0.2) is 0 Å². The number of esters is 1. The number of nitro benzene ring substituents is 1. The van der Waals surface area contributed by atoms with Crippen molar-refractivity contribution in [1.82, 2.24) is 4.31 Å². The lowest BCUT2D eigenvalue weighted by Gasteiger charge is -2.12. The van der Waals surface area contributed by atoms with E-state index in [9.17, 15) is 23.3 Å². The van der Waals surface area contributed by atoms with Gasteiger partial charge in [-0.15, -0.1) is 0 Å². The Morgan fingerprint density at radius 2 is 1.80 bits per heavy atom. The van der Waals surface area contributed by atoms with Crippen molar-refractivity contribution >= 4 is 21.7 Å². The predicted octanol–water partition coefficient (Wildman–Crippen LogP) is 3.46. The van der Waals surface area contributed by atoms with Crippen LogP contribution in [0.25, 0.3) is 11.3 Å². The molecule has 0 radical (unpaired) electrons. The first-order valence-electron chi connectivity index (χ1n) is 8.72. The summed E-state index contributed by atoms with van der Waals surface area (Å²) < 4.78 is 36.2. The molecule has 9 nitrogen and oxygen atoms in total. The van der Waals surface area contributed by atoms with Crippen molar-refractivity contribution in [3.8, 4) is 11.3 Å². The van der Waals surface area contributed by atoms with Crippen molar-refractivity contribution in [1.29, 1.82) is 0 Å². The van der Waals surface area contributed by atoms with Crippen LogP contribution in [0.5, 0.6) is 0 Å². The van der Waals surface area contributed by atoms with Gasteiger partial charge in [0.2, 0.25) is 15.8 Å². The molecule has 0 amide bonds. The molecule has 0 unspecified atom stereocenters. The van der Waals surface area contributed by atoms with Gasteiger partial charge in [-0.05, 0) is 42.0 Å². The molecule has 3 rings (SSSR count). The van der Waals surface area contributed by atoms with Gasteiger partial charge in [-0.2, -0.15) is 0 Å². The van der Waals surface area contributed by atoms with E-state index >= 15 is 0 Å². The van der Waals surface area contributed by atoms with Gasteiger partial charge in [0.1, 0.15) is 12.4 Å². The highest BCUT2D eigenvalue weighted by atomic mass is 32.2. The van der Waals surface area contributed by atoms with Crippen LogP contribution in [0.15, 0.2) is 70.0 Å². The summed E-state index contributed by atoms with van der Waals surface area (Å²) in [5, 5.41) is 10.7. The van der Waals surface area contributed by atoms with Crippen molar-refractivity contribution in [2.24, 2.45) is 0 Å². The molecule has 1 heterocycles. The van der Waals surface area contributed by atoms with E-state index in [1.165, 1.54) is 56.6 Å². The number of hydrogen-bond donors (Lipinski definition) is 0. The van der Waals surface area contributed by atoms with Crippen LogP contribution in [0, 0.1) is 10.1 Å². The van der Waals surface area contributed by atoms with Crippen LogP contribution in [0.2, 0.25) is 0 Å². The smallest absolute Gasteiger partial charge is 0.374 e. The first-order chi connectivity index (χ1) is 14.2. The van der Waals surface area contributed by atoms with Gasteiger partial charge in [0, 0.05) is 31.8 Å². The van der Waals surface area contributed by atoms with Crippen LogP contribution in [-0.2, 0) is 21.4 Å². The lowest BCUT2D eigenvalue weighted by Crippen LogP contribution is -2.22. The lowest BCUT2D eigenvalue weighted by atomic mass is 10.1. The average molecular weight is 430 g/mol. The summed E-state index contributed by atoms with van der Waals surface area (Å²) in [6.45, 7) is -0.136. The predicted molar refractivity (Wildman–Crippen MR) is 107 cm³/mol. The lowest BCUT2D eigenvalue weighted by molar-refractivity contribution is -0.384. The molecule has 0 spiro atoms. The van der Waals surface area contributed by atoms with E-state index in [1.54, 1.807) is 18.2 Å². The number of non-ortho nitro benzene ring substituents is 1. The summed E-state index contributed by atoms with van der Waals surface area (Å²) in [6.07, 6.45) is 0. The molecule has 0 N–H and O–H groups in total. The molecule has 0 fully saturated rings. The molecule has 0 saturated carbocycles. The number of benzene rings is 2. The van der Waals surface area contributed by atoms with Gasteiger partial charge in [-0.3, -0.25) is 10.1 Å². The summed E-state index contributed by atoms with van der Waals surface area (Å²) in [4.78, 5) is 22.6. The zero-order valence-electron chi connectivity index (χ0n) is 16.1. The molecule has 2 aromatic carbocycles. The number of ether oxygens (including phenoxy) is 1. The average Bonchev–Trinajstić information content (AvgIpc) is 3.22. The third kappa shape index (κ3) is 4.56. The normalized spacial score (nSPS) is 11.4. The van der Waals surface area contributed by atoms with E-state index in [0.29, 0.717) is 16.9 Å². The standard InChI is InChI=1S/C20H18N2O7S/c1-21(2)30(26,27)17-5-3-4-14(12-17)13-28-20(23)19-11-10-18(29-19)15-6-8-16(9-7-15)22(24)25/h3-12H,13H2,1-2H3. The Morgan fingerprint density at radius 3 is 2.43 bits per heavy atom. The van der Waals surface area contributed by atoms with Crippen LogP contribution >= 0.6 is 0 Å². The van der Waals surface area contributed by atoms with Crippen molar-refractivity contribution in [3.63, 3.8) is 0 Å². The van der Waals surface area contributed by atoms with Crippen LogP contribution in [0.3, 0.4) is 0 Å². The maximum absolute atomic E-state index is 12.3. The van der Waals surface area contributed by atoms with Crippen molar-refractivity contribution in [2.75, 3.05) is 14.1 Å². The Hall–Kier alpha value is -3.50. The summed E-state index contributed by atoms with van der Waals surface area (Å²) in [5.41, 5.74) is 1.03. The van der Waals surface area contributed by atoms with E-state index < -0.39 is 20.9 Å². The first-order valence-corrected chi connectivity index (χ1v) is 10.2. The summed E-state index contributed by atoms with van der Waals surface area (Å²) >= 11 is 0. The van der Waals surface area contributed by atoms with E-state index in [4.69, 9.17) is 9.15 Å². The molecule has 30 heavy (non-hydrogen) atoms. The van der Waals surface area contributed by atoms with Gasteiger partial charge in [0.05, 0.1) is 9.82 Å². The molecule has 156 valence electrons. The van der Waals surface area contributed by atoms with E-state index in [0.717, 1.165) is 4.31 Å². The fourth-order valence-electron chi connectivity index (χ4n) is 2.58. The first kappa shape index (κ1) is 21.2. The molecule has 10 heteroatoms. The number of sulfonamides is 1. The second-order valence-electron chi connectivity index (χ2n) is 6.48. The Balaban J connectivity index is 1.69. The number of nitro groups is 1. The third-order valence-electron chi connectivity index (χ3n) is 4.22. The molecule has 0 aliphatic carbocycles.